The number of nitrogens with two attached hydrogens (primary N) is 1. The summed E-state index contributed by atoms with van der Waals surface area (Å²) in [5.74, 6) is 2.49. The van der Waals surface area contributed by atoms with Crippen LogP contribution in [0, 0.1) is 0 Å². The van der Waals surface area contributed by atoms with Crippen molar-refractivity contribution >= 4 is 0 Å². The fourth-order valence-corrected chi connectivity index (χ4v) is 1.87. The maximum atomic E-state index is 5.58. The molecule has 1 rings (SSSR count). The Balaban J connectivity index is 2.77. The molecule has 0 aromatic carbocycles. The number of unbranched alkanes of at least 4 members (excludes halogenated alkanes) is 1. The van der Waals surface area contributed by atoms with Crippen LogP contribution in [0.2, 0.25) is 0 Å². The summed E-state index contributed by atoms with van der Waals surface area (Å²) < 4.78 is 2.05. The summed E-state index contributed by atoms with van der Waals surface area (Å²) in [5, 5.41) is 8.34. The van der Waals surface area contributed by atoms with Crippen LogP contribution < -0.4 is 5.73 Å². The number of aromatic nitrogens is 3. The van der Waals surface area contributed by atoms with E-state index in [-0.39, 0.29) is 0 Å². The van der Waals surface area contributed by atoms with Crippen LogP contribution in [0.25, 0.3) is 0 Å². The van der Waals surface area contributed by atoms with Gasteiger partial charge >= 0.3 is 0 Å². The van der Waals surface area contributed by atoms with Gasteiger partial charge in [0.15, 0.2) is 0 Å². The number of hydrogen-bond acceptors (Lipinski definition) is 3. The van der Waals surface area contributed by atoms with E-state index < -0.39 is 0 Å². The molecule has 0 radical (unpaired) electrons. The summed E-state index contributed by atoms with van der Waals surface area (Å²) in [6.45, 7) is 4.89. The van der Waals surface area contributed by atoms with Crippen LogP contribution in [0.5, 0.6) is 0 Å². The fraction of sp³-hybridized carbons (Fsp3) is 0.818. The molecule has 0 saturated carbocycles. The molecular weight excluding hydrogens is 188 g/mol. The van der Waals surface area contributed by atoms with Gasteiger partial charge in [0.05, 0.1) is 6.54 Å². The smallest absolute Gasteiger partial charge is 0.146 e. The van der Waals surface area contributed by atoms with E-state index in [1.807, 2.05) is 11.6 Å². The molecule has 2 N–H and O–H groups in total. The SMILES string of the molecule is CCCCC(CC)c1nnc(CN)n1C. The lowest BCUT2D eigenvalue weighted by Crippen LogP contribution is -2.10. The van der Waals surface area contributed by atoms with Gasteiger partial charge in [-0.3, -0.25) is 0 Å². The minimum absolute atomic E-state index is 0.466. The van der Waals surface area contributed by atoms with Crippen LogP contribution in [0.15, 0.2) is 0 Å². The minimum Gasteiger partial charge on any atom is -0.324 e. The Morgan fingerprint density at radius 2 is 2.07 bits per heavy atom. The number of hydrogen-bond donors (Lipinski definition) is 1. The van der Waals surface area contributed by atoms with Crippen molar-refractivity contribution in [2.24, 2.45) is 12.8 Å². The fourth-order valence-electron chi connectivity index (χ4n) is 1.87. The van der Waals surface area contributed by atoms with E-state index in [9.17, 15) is 0 Å². The zero-order valence-electron chi connectivity index (χ0n) is 10.0. The maximum Gasteiger partial charge on any atom is 0.146 e. The molecule has 0 aliphatic carbocycles. The molecular formula is C11H22N4. The van der Waals surface area contributed by atoms with Gasteiger partial charge in [-0.2, -0.15) is 0 Å². The zero-order valence-corrected chi connectivity index (χ0v) is 10.0. The molecule has 0 fully saturated rings. The van der Waals surface area contributed by atoms with Crippen molar-refractivity contribution in [2.75, 3.05) is 0 Å². The van der Waals surface area contributed by atoms with E-state index in [0.717, 1.165) is 18.1 Å². The molecule has 1 aromatic rings. The highest BCUT2D eigenvalue weighted by atomic mass is 15.3. The highest BCUT2D eigenvalue weighted by Gasteiger charge is 2.16. The second-order valence-corrected chi connectivity index (χ2v) is 3.98. The molecule has 0 spiro atoms. The highest BCUT2D eigenvalue weighted by molar-refractivity contribution is 5.00. The standard InChI is InChI=1S/C11H22N4/c1-4-6-7-9(5-2)11-14-13-10(8-12)15(11)3/h9H,4-8,12H2,1-3H3. The minimum atomic E-state index is 0.466. The monoisotopic (exact) mass is 210 g/mol. The molecule has 86 valence electrons. The topological polar surface area (TPSA) is 56.7 Å². The molecule has 4 heteroatoms. The van der Waals surface area contributed by atoms with E-state index in [2.05, 4.69) is 24.0 Å². The summed E-state index contributed by atoms with van der Waals surface area (Å²) in [6, 6.07) is 0. The summed E-state index contributed by atoms with van der Waals surface area (Å²) in [5.41, 5.74) is 5.58. The lowest BCUT2D eigenvalue weighted by atomic mass is 9.98. The predicted octanol–water partition coefficient (Wildman–Crippen LogP) is 1.96. The van der Waals surface area contributed by atoms with Gasteiger partial charge in [0.2, 0.25) is 0 Å². The second-order valence-electron chi connectivity index (χ2n) is 3.98. The van der Waals surface area contributed by atoms with Crippen molar-refractivity contribution in [2.45, 2.75) is 52.0 Å². The van der Waals surface area contributed by atoms with E-state index in [1.54, 1.807) is 0 Å². The normalized spacial score (nSPS) is 13.1. The Hall–Kier alpha value is -0.900. The molecule has 1 atom stereocenters. The van der Waals surface area contributed by atoms with Crippen molar-refractivity contribution in [1.82, 2.24) is 14.8 Å². The molecule has 0 amide bonds. The first-order valence-electron chi connectivity index (χ1n) is 5.82. The van der Waals surface area contributed by atoms with Crippen LogP contribution in [0.4, 0.5) is 0 Å². The lowest BCUT2D eigenvalue weighted by Gasteiger charge is -2.13. The van der Waals surface area contributed by atoms with Crippen molar-refractivity contribution in [1.29, 1.82) is 0 Å². The van der Waals surface area contributed by atoms with Gasteiger partial charge in [0.1, 0.15) is 11.6 Å². The van der Waals surface area contributed by atoms with Crippen LogP contribution in [-0.2, 0) is 13.6 Å². The lowest BCUT2D eigenvalue weighted by molar-refractivity contribution is 0.524. The van der Waals surface area contributed by atoms with Gasteiger partial charge in [-0.15, -0.1) is 10.2 Å². The number of rotatable bonds is 6. The van der Waals surface area contributed by atoms with Crippen LogP contribution in [-0.4, -0.2) is 14.8 Å². The third-order valence-electron chi connectivity index (χ3n) is 2.95. The van der Waals surface area contributed by atoms with E-state index in [1.165, 1.54) is 19.3 Å². The third-order valence-corrected chi connectivity index (χ3v) is 2.95. The molecule has 0 bridgehead atoms. The average molecular weight is 210 g/mol. The average Bonchev–Trinajstić information content (AvgIpc) is 2.62. The van der Waals surface area contributed by atoms with Gasteiger partial charge in [-0.1, -0.05) is 26.7 Å². The van der Waals surface area contributed by atoms with E-state index >= 15 is 0 Å². The molecule has 4 nitrogen and oxygen atoms in total. The molecule has 15 heavy (non-hydrogen) atoms. The van der Waals surface area contributed by atoms with E-state index in [0.29, 0.717) is 12.5 Å². The van der Waals surface area contributed by atoms with Crippen molar-refractivity contribution < 1.29 is 0 Å². The summed E-state index contributed by atoms with van der Waals surface area (Å²) in [6.07, 6.45) is 4.81. The van der Waals surface area contributed by atoms with Crippen molar-refractivity contribution in [3.8, 4) is 0 Å². The van der Waals surface area contributed by atoms with Crippen LogP contribution in [0.1, 0.15) is 57.1 Å². The third kappa shape index (κ3) is 2.78. The largest absolute Gasteiger partial charge is 0.324 e. The van der Waals surface area contributed by atoms with Crippen molar-refractivity contribution in [3.63, 3.8) is 0 Å². The molecule has 1 aromatic heterocycles. The van der Waals surface area contributed by atoms with Gasteiger partial charge in [0.25, 0.3) is 0 Å². The summed E-state index contributed by atoms with van der Waals surface area (Å²) >= 11 is 0. The first kappa shape index (κ1) is 12.2. The predicted molar refractivity (Wildman–Crippen MR) is 61.5 cm³/mol. The summed E-state index contributed by atoms with van der Waals surface area (Å²) in [4.78, 5) is 0. The van der Waals surface area contributed by atoms with Crippen LogP contribution >= 0.6 is 0 Å². The van der Waals surface area contributed by atoms with Crippen molar-refractivity contribution in [3.05, 3.63) is 11.6 Å². The highest BCUT2D eigenvalue weighted by Crippen LogP contribution is 2.23. The Morgan fingerprint density at radius 1 is 1.33 bits per heavy atom. The molecule has 0 aliphatic rings. The Bertz CT molecular complexity index is 293. The Morgan fingerprint density at radius 3 is 2.53 bits per heavy atom. The Kier molecular flexibility index (Phi) is 4.75. The first-order valence-corrected chi connectivity index (χ1v) is 5.82. The second kappa shape index (κ2) is 5.85. The molecule has 0 saturated heterocycles. The van der Waals surface area contributed by atoms with E-state index in [4.69, 9.17) is 5.73 Å². The summed E-state index contributed by atoms with van der Waals surface area (Å²) in [7, 11) is 2.01. The molecule has 1 unspecified atom stereocenters. The first-order chi connectivity index (χ1) is 7.24. The van der Waals surface area contributed by atoms with Crippen LogP contribution in [0.3, 0.4) is 0 Å². The quantitative estimate of drug-likeness (QED) is 0.781. The molecule has 1 heterocycles. The maximum absolute atomic E-state index is 5.58. The van der Waals surface area contributed by atoms with Gasteiger partial charge < -0.3 is 10.3 Å². The Labute approximate surface area is 91.9 Å². The van der Waals surface area contributed by atoms with Gasteiger partial charge in [-0.05, 0) is 12.8 Å². The van der Waals surface area contributed by atoms with Gasteiger partial charge in [-0.25, -0.2) is 0 Å². The molecule has 0 aliphatic heterocycles. The van der Waals surface area contributed by atoms with Gasteiger partial charge in [0, 0.05) is 13.0 Å². The zero-order chi connectivity index (χ0) is 11.3. The number of nitrogens with zero attached hydrogens (tertiary/aromatic N) is 3.